The first-order chi connectivity index (χ1) is 5.38. The molecule has 56 valence electrons. The highest BCUT2D eigenvalue weighted by Gasteiger charge is 2.14. The minimum atomic E-state index is 1.09. The topological polar surface area (TPSA) is 12.4 Å². The molecule has 1 aliphatic rings. The lowest BCUT2D eigenvalue weighted by Crippen LogP contribution is -1.90. The number of hydrogen-bond donors (Lipinski definition) is 0. The zero-order chi connectivity index (χ0) is 8.10. The zero-order valence-corrected chi connectivity index (χ0v) is 6.71. The summed E-state index contributed by atoms with van der Waals surface area (Å²) in [5.74, 6) is 0. The number of allylic oxidation sites excluding steroid dienone is 3. The molecule has 0 atom stereocenters. The molecule has 0 amide bonds. The van der Waals surface area contributed by atoms with Crippen LogP contribution in [-0.4, -0.2) is 13.0 Å². The van der Waals surface area contributed by atoms with Crippen LogP contribution in [0.1, 0.15) is 0 Å². The van der Waals surface area contributed by atoms with Gasteiger partial charge in [0.2, 0.25) is 0 Å². The average Bonchev–Trinajstić information content (AvgIpc) is 2.39. The van der Waals surface area contributed by atoms with E-state index in [2.05, 4.69) is 18.2 Å². The fourth-order valence-corrected chi connectivity index (χ4v) is 1.33. The summed E-state index contributed by atoms with van der Waals surface area (Å²) in [4.78, 5) is 4.19. The van der Waals surface area contributed by atoms with Gasteiger partial charge in [0.05, 0.1) is 0 Å². The fraction of sp³-hybridized carbons (Fsp3) is 0.222. The summed E-state index contributed by atoms with van der Waals surface area (Å²) in [6.07, 6.45) is 7.69. The quantitative estimate of drug-likeness (QED) is 0.526. The minimum Gasteiger partial charge on any atom is -0.262 e. The average molecular weight is 145 g/mol. The molecule has 0 aliphatic carbocycles. The number of rotatable bonds is 2. The van der Waals surface area contributed by atoms with E-state index in [1.54, 1.807) is 6.20 Å². The van der Waals surface area contributed by atoms with E-state index in [0.29, 0.717) is 0 Å². The molecule has 0 bridgehead atoms. The molecule has 0 aromatic carbocycles. The molecule has 1 aliphatic heterocycles. The van der Waals surface area contributed by atoms with Crippen LogP contribution in [0.5, 0.6) is 0 Å². The predicted molar refractivity (Wildman–Crippen MR) is 52.7 cm³/mol. The Labute approximate surface area is 68.5 Å². The van der Waals surface area contributed by atoms with Gasteiger partial charge in [-0.25, -0.2) is 0 Å². The third-order valence-corrected chi connectivity index (χ3v) is 1.80. The van der Waals surface area contributed by atoms with E-state index in [1.807, 2.05) is 12.2 Å². The van der Waals surface area contributed by atoms with Gasteiger partial charge in [0.15, 0.2) is 0 Å². The zero-order valence-electron chi connectivity index (χ0n) is 6.71. The Kier molecular flexibility index (Phi) is 2.90. The lowest BCUT2D eigenvalue weighted by molar-refractivity contribution is 1.51. The third kappa shape index (κ3) is 1.94. The number of hydrogen-bond acceptors (Lipinski definition) is 1. The van der Waals surface area contributed by atoms with E-state index in [-0.39, 0.29) is 0 Å². The first kappa shape index (κ1) is 8.06. The van der Waals surface area contributed by atoms with Gasteiger partial charge < -0.3 is 0 Å². The van der Waals surface area contributed by atoms with Crippen LogP contribution < -0.4 is 0 Å². The molecule has 11 heavy (non-hydrogen) atoms. The number of aliphatic imine (C=N–C) groups is 1. The monoisotopic (exact) mass is 145 g/mol. The summed E-state index contributed by atoms with van der Waals surface area (Å²) >= 11 is 0. The Hall–Kier alpha value is -1.05. The Morgan fingerprint density at radius 1 is 1.36 bits per heavy atom. The molecule has 1 fully saturated rings. The first-order valence-electron chi connectivity index (χ1n) is 3.88. The van der Waals surface area contributed by atoms with Gasteiger partial charge >= 0.3 is 0 Å². The van der Waals surface area contributed by atoms with E-state index in [4.69, 9.17) is 0 Å². The molecule has 2 heteroatoms. The van der Waals surface area contributed by atoms with Crippen LogP contribution >= 0.6 is 0 Å². The molecule has 0 N–H and O–H groups in total. The maximum atomic E-state index is 4.19. The van der Waals surface area contributed by atoms with Gasteiger partial charge in [-0.1, -0.05) is 31.6 Å². The van der Waals surface area contributed by atoms with Crippen molar-refractivity contribution in [2.24, 2.45) is 4.99 Å². The molecule has 1 nitrogen and oxygen atoms in total. The van der Waals surface area contributed by atoms with Crippen LogP contribution in [0, 0.1) is 0 Å². The van der Waals surface area contributed by atoms with Crippen LogP contribution in [0.4, 0.5) is 0 Å². The van der Waals surface area contributed by atoms with Gasteiger partial charge in [0.25, 0.3) is 0 Å². The van der Waals surface area contributed by atoms with Gasteiger partial charge in [-0.3, -0.25) is 4.99 Å². The Morgan fingerprint density at radius 2 is 2.18 bits per heavy atom. The van der Waals surface area contributed by atoms with Crippen molar-refractivity contribution in [2.45, 2.75) is 12.6 Å². The van der Waals surface area contributed by atoms with Gasteiger partial charge in [-0.05, 0) is 11.9 Å². The largest absolute Gasteiger partial charge is 0.262 e. The summed E-state index contributed by atoms with van der Waals surface area (Å²) in [6.45, 7) is 7.24. The van der Waals surface area contributed by atoms with Crippen LogP contribution in [0.3, 0.4) is 0 Å². The normalized spacial score (nSPS) is 23.6. The van der Waals surface area contributed by atoms with E-state index < -0.39 is 0 Å². The smallest absolute Gasteiger partial charge is 0.132 e. The highest BCUT2D eigenvalue weighted by Crippen LogP contribution is 2.17. The summed E-state index contributed by atoms with van der Waals surface area (Å²) in [5, 5.41) is 0. The van der Waals surface area contributed by atoms with Crippen molar-refractivity contribution in [1.82, 2.24) is 0 Å². The molecule has 0 aromatic heterocycles. The lowest BCUT2D eigenvalue weighted by atomic mass is 9.77. The molecule has 1 rings (SSSR count). The third-order valence-electron chi connectivity index (χ3n) is 1.80. The molecule has 0 saturated carbocycles. The van der Waals surface area contributed by atoms with Crippen molar-refractivity contribution in [3.63, 3.8) is 0 Å². The van der Waals surface area contributed by atoms with Crippen LogP contribution in [0.25, 0.3) is 0 Å². The maximum absolute atomic E-state index is 4.19. The van der Waals surface area contributed by atoms with Crippen molar-refractivity contribution in [3.8, 4) is 0 Å². The predicted octanol–water partition coefficient (Wildman–Crippen LogP) is 1.97. The first-order valence-corrected chi connectivity index (χ1v) is 3.88. The summed E-state index contributed by atoms with van der Waals surface area (Å²) in [7, 11) is 1.21. The van der Waals surface area contributed by atoms with Gasteiger partial charge in [0, 0.05) is 11.9 Å². The Balaban J connectivity index is 2.80. The van der Waals surface area contributed by atoms with E-state index >= 15 is 0 Å². The molecule has 1 saturated heterocycles. The highest BCUT2D eigenvalue weighted by atomic mass is 14.7. The lowest BCUT2D eigenvalue weighted by Gasteiger charge is -1.95. The van der Waals surface area contributed by atoms with Gasteiger partial charge in [0.1, 0.15) is 7.28 Å². The SMILES string of the molecule is C=C/C=C1/CBC/C1=N/C=C. The summed E-state index contributed by atoms with van der Waals surface area (Å²) < 4.78 is 0. The molecule has 0 spiro atoms. The van der Waals surface area contributed by atoms with Crippen molar-refractivity contribution >= 4 is 13.0 Å². The standard InChI is InChI=1S/C9H12BN/c1-3-5-8-6-10-7-9(8)11-4-2/h3-5,10H,1-2,6-7H2/b8-5-,11-9-. The maximum Gasteiger partial charge on any atom is 0.132 e. The van der Waals surface area contributed by atoms with Crippen molar-refractivity contribution in [3.05, 3.63) is 37.1 Å². The number of nitrogens with zero attached hydrogens (tertiary/aromatic N) is 1. The molecular weight excluding hydrogens is 133 g/mol. The molecule has 0 unspecified atom stereocenters. The fourth-order valence-electron chi connectivity index (χ4n) is 1.33. The minimum absolute atomic E-state index is 1.09. The second-order valence-electron chi connectivity index (χ2n) is 2.54. The van der Waals surface area contributed by atoms with Crippen molar-refractivity contribution < 1.29 is 0 Å². The van der Waals surface area contributed by atoms with Crippen molar-refractivity contribution in [2.75, 3.05) is 0 Å². The molecule has 0 radical (unpaired) electrons. The van der Waals surface area contributed by atoms with E-state index in [0.717, 1.165) is 12.6 Å². The van der Waals surface area contributed by atoms with E-state index in [9.17, 15) is 0 Å². The Bertz CT molecular complexity index is 202. The second kappa shape index (κ2) is 3.96. The van der Waals surface area contributed by atoms with Crippen LogP contribution in [-0.2, 0) is 0 Å². The molecule has 0 aromatic rings. The summed E-state index contributed by atoms with van der Waals surface area (Å²) in [5.41, 5.74) is 2.50. The van der Waals surface area contributed by atoms with E-state index in [1.165, 1.54) is 18.6 Å². The van der Waals surface area contributed by atoms with Crippen molar-refractivity contribution in [1.29, 1.82) is 0 Å². The molecule has 1 heterocycles. The second-order valence-corrected chi connectivity index (χ2v) is 2.54. The van der Waals surface area contributed by atoms with Crippen LogP contribution in [0.2, 0.25) is 12.6 Å². The van der Waals surface area contributed by atoms with Gasteiger partial charge in [-0.15, -0.1) is 0 Å². The summed E-state index contributed by atoms with van der Waals surface area (Å²) in [6, 6.07) is 0. The van der Waals surface area contributed by atoms with Crippen LogP contribution in [0.15, 0.2) is 42.1 Å². The molecular formula is C9H12BN. The highest BCUT2D eigenvalue weighted by molar-refractivity contribution is 6.50. The Morgan fingerprint density at radius 3 is 2.82 bits per heavy atom. The van der Waals surface area contributed by atoms with Gasteiger partial charge in [-0.2, -0.15) is 0 Å².